The van der Waals surface area contributed by atoms with E-state index in [1.165, 1.54) is 16.7 Å². The molecular weight excluding hydrogens is 380 g/mol. The Morgan fingerprint density at radius 3 is 2.44 bits per heavy atom. The molecule has 27 heavy (non-hydrogen) atoms. The number of sulfonamides is 1. The van der Waals surface area contributed by atoms with E-state index < -0.39 is 10.0 Å². The average molecular weight is 413 g/mol. The number of nitrogens with zero attached hydrogens (tertiary/aromatic N) is 2. The summed E-state index contributed by atoms with van der Waals surface area (Å²) in [4.78, 5) is 4.44. The summed E-state index contributed by atoms with van der Waals surface area (Å²) in [6.45, 7) is 9.22. The number of rotatable bonds is 8. The summed E-state index contributed by atoms with van der Waals surface area (Å²) in [7, 11) is -3.21. The van der Waals surface area contributed by atoms with Crippen molar-refractivity contribution in [2.45, 2.75) is 27.2 Å². The van der Waals surface area contributed by atoms with Gasteiger partial charge in [-0.05, 0) is 32.8 Å². The zero-order valence-electron chi connectivity index (χ0n) is 16.6. The third-order valence-corrected chi connectivity index (χ3v) is 7.11. The van der Waals surface area contributed by atoms with Crippen molar-refractivity contribution in [2.24, 2.45) is 4.99 Å². The van der Waals surface area contributed by atoms with Gasteiger partial charge in [0.15, 0.2) is 5.96 Å². The quantitative estimate of drug-likeness (QED) is 0.503. The first-order valence-corrected chi connectivity index (χ1v) is 12.3. The average Bonchev–Trinajstić information content (AvgIpc) is 2.61. The molecule has 0 spiro atoms. The maximum atomic E-state index is 12.4. The van der Waals surface area contributed by atoms with Crippen LogP contribution in [0.4, 0.5) is 0 Å². The van der Waals surface area contributed by atoms with E-state index in [9.17, 15) is 8.42 Å². The van der Waals surface area contributed by atoms with Crippen molar-refractivity contribution in [2.75, 3.05) is 50.0 Å². The molecule has 1 aliphatic heterocycles. The Hall–Kier alpha value is -1.25. The van der Waals surface area contributed by atoms with Gasteiger partial charge in [-0.1, -0.05) is 29.3 Å². The highest BCUT2D eigenvalue weighted by molar-refractivity contribution is 7.99. The number of aliphatic imine (C=N–C) groups is 1. The standard InChI is InChI=1S/C19H32N4O2S2/c1-4-20-19(21-6-5-18-14-16(2)13-17(3)15-18)22-7-12-27(24,25)23-8-10-26-11-9-23/h13-15H,4-12H2,1-3H3,(H2,20,21,22). The van der Waals surface area contributed by atoms with Crippen LogP contribution in [0.15, 0.2) is 23.2 Å². The number of guanidine groups is 1. The van der Waals surface area contributed by atoms with Crippen molar-refractivity contribution in [1.82, 2.24) is 14.9 Å². The molecule has 1 fully saturated rings. The van der Waals surface area contributed by atoms with Gasteiger partial charge in [-0.25, -0.2) is 12.7 Å². The Morgan fingerprint density at radius 1 is 1.15 bits per heavy atom. The predicted molar refractivity (Wildman–Crippen MR) is 116 cm³/mol. The van der Waals surface area contributed by atoms with Crippen LogP contribution in [-0.4, -0.2) is 68.7 Å². The summed E-state index contributed by atoms with van der Waals surface area (Å²) >= 11 is 1.81. The smallest absolute Gasteiger partial charge is 0.215 e. The number of thioether (sulfide) groups is 1. The van der Waals surface area contributed by atoms with Crippen LogP contribution in [0.25, 0.3) is 0 Å². The topological polar surface area (TPSA) is 73.8 Å². The van der Waals surface area contributed by atoms with Crippen LogP contribution < -0.4 is 10.6 Å². The van der Waals surface area contributed by atoms with E-state index in [-0.39, 0.29) is 12.3 Å². The van der Waals surface area contributed by atoms with Gasteiger partial charge in [0, 0.05) is 37.7 Å². The lowest BCUT2D eigenvalue weighted by Crippen LogP contribution is -2.41. The summed E-state index contributed by atoms with van der Waals surface area (Å²) in [5.41, 5.74) is 3.83. The molecule has 1 aromatic rings. The minimum Gasteiger partial charge on any atom is -0.357 e. The normalized spacial score (nSPS) is 16.3. The SMILES string of the molecule is CCNC(=NCCS(=O)(=O)N1CCSCC1)NCCc1cc(C)cc(C)c1. The molecule has 0 aromatic heterocycles. The molecular formula is C19H32N4O2S2. The Kier molecular flexibility index (Phi) is 8.92. The number of hydrogen-bond acceptors (Lipinski definition) is 4. The Labute approximate surface area is 168 Å². The van der Waals surface area contributed by atoms with Crippen LogP contribution in [0.1, 0.15) is 23.6 Å². The van der Waals surface area contributed by atoms with E-state index in [0.717, 1.165) is 31.0 Å². The molecule has 152 valence electrons. The lowest BCUT2D eigenvalue weighted by Gasteiger charge is -2.25. The number of benzene rings is 1. The van der Waals surface area contributed by atoms with Crippen molar-refractivity contribution in [3.8, 4) is 0 Å². The highest BCUT2D eigenvalue weighted by atomic mass is 32.2. The summed E-state index contributed by atoms with van der Waals surface area (Å²) in [6.07, 6.45) is 0.899. The first-order chi connectivity index (χ1) is 12.9. The largest absolute Gasteiger partial charge is 0.357 e. The van der Waals surface area contributed by atoms with Crippen LogP contribution in [0.5, 0.6) is 0 Å². The molecule has 1 heterocycles. The number of hydrogen-bond donors (Lipinski definition) is 2. The maximum Gasteiger partial charge on any atom is 0.215 e. The van der Waals surface area contributed by atoms with Crippen LogP contribution in [0, 0.1) is 13.8 Å². The molecule has 6 nitrogen and oxygen atoms in total. The van der Waals surface area contributed by atoms with Gasteiger partial charge in [0.2, 0.25) is 10.0 Å². The van der Waals surface area contributed by atoms with Gasteiger partial charge in [0.25, 0.3) is 0 Å². The molecule has 0 bridgehead atoms. The van der Waals surface area contributed by atoms with Gasteiger partial charge >= 0.3 is 0 Å². The van der Waals surface area contributed by atoms with Crippen molar-refractivity contribution < 1.29 is 8.42 Å². The van der Waals surface area contributed by atoms with Gasteiger partial charge in [-0.15, -0.1) is 0 Å². The third kappa shape index (κ3) is 7.71. The zero-order valence-corrected chi connectivity index (χ0v) is 18.3. The van der Waals surface area contributed by atoms with Gasteiger partial charge in [-0.2, -0.15) is 11.8 Å². The minimum absolute atomic E-state index is 0.0608. The van der Waals surface area contributed by atoms with Crippen molar-refractivity contribution in [3.05, 3.63) is 34.9 Å². The fourth-order valence-corrected chi connectivity index (χ4v) is 5.56. The molecule has 0 atom stereocenters. The Bertz CT molecular complexity index is 709. The van der Waals surface area contributed by atoms with Crippen molar-refractivity contribution >= 4 is 27.7 Å². The van der Waals surface area contributed by atoms with Crippen molar-refractivity contribution in [1.29, 1.82) is 0 Å². The first kappa shape index (κ1) is 22.0. The Morgan fingerprint density at radius 2 is 1.81 bits per heavy atom. The van der Waals surface area contributed by atoms with E-state index in [1.54, 1.807) is 16.1 Å². The molecule has 0 amide bonds. The van der Waals surface area contributed by atoms with Gasteiger partial charge in [0.1, 0.15) is 0 Å². The second-order valence-corrected chi connectivity index (χ2v) is 10.1. The molecule has 0 radical (unpaired) electrons. The predicted octanol–water partition coefficient (Wildman–Crippen LogP) is 1.78. The molecule has 1 saturated heterocycles. The highest BCUT2D eigenvalue weighted by Gasteiger charge is 2.23. The monoisotopic (exact) mass is 412 g/mol. The summed E-state index contributed by atoms with van der Waals surface area (Å²) in [5.74, 6) is 2.49. The fraction of sp³-hybridized carbons (Fsp3) is 0.632. The van der Waals surface area contributed by atoms with Gasteiger partial charge in [0.05, 0.1) is 12.3 Å². The van der Waals surface area contributed by atoms with Gasteiger partial charge < -0.3 is 10.6 Å². The summed E-state index contributed by atoms with van der Waals surface area (Å²) < 4.78 is 26.4. The second-order valence-electron chi connectivity index (χ2n) is 6.76. The van der Waals surface area contributed by atoms with Crippen LogP contribution in [0.3, 0.4) is 0 Å². The lowest BCUT2D eigenvalue weighted by molar-refractivity contribution is 0.444. The fourth-order valence-electron chi connectivity index (χ4n) is 3.11. The maximum absolute atomic E-state index is 12.4. The van der Waals surface area contributed by atoms with E-state index in [4.69, 9.17) is 0 Å². The highest BCUT2D eigenvalue weighted by Crippen LogP contribution is 2.13. The van der Waals surface area contributed by atoms with E-state index in [0.29, 0.717) is 19.0 Å². The summed E-state index contributed by atoms with van der Waals surface area (Å²) in [6, 6.07) is 6.56. The number of nitrogens with one attached hydrogen (secondary N) is 2. The molecule has 2 N–H and O–H groups in total. The first-order valence-electron chi connectivity index (χ1n) is 9.55. The van der Waals surface area contributed by atoms with E-state index >= 15 is 0 Å². The zero-order chi connectivity index (χ0) is 19.7. The minimum atomic E-state index is -3.21. The van der Waals surface area contributed by atoms with Crippen LogP contribution >= 0.6 is 11.8 Å². The third-order valence-electron chi connectivity index (χ3n) is 4.31. The molecule has 1 aromatic carbocycles. The van der Waals surface area contributed by atoms with Crippen molar-refractivity contribution in [3.63, 3.8) is 0 Å². The molecule has 0 aliphatic carbocycles. The molecule has 2 rings (SSSR count). The molecule has 0 unspecified atom stereocenters. The van der Waals surface area contributed by atoms with E-state index in [2.05, 4.69) is 47.7 Å². The van der Waals surface area contributed by atoms with Crippen LogP contribution in [-0.2, 0) is 16.4 Å². The van der Waals surface area contributed by atoms with Crippen LogP contribution in [0.2, 0.25) is 0 Å². The van der Waals surface area contributed by atoms with Gasteiger partial charge in [-0.3, -0.25) is 4.99 Å². The second kappa shape index (κ2) is 10.9. The lowest BCUT2D eigenvalue weighted by atomic mass is 10.1. The summed E-state index contributed by atoms with van der Waals surface area (Å²) in [5, 5.41) is 6.49. The Balaban J connectivity index is 1.84. The molecule has 0 saturated carbocycles. The molecule has 8 heteroatoms. The molecule has 1 aliphatic rings. The number of aryl methyl sites for hydroxylation is 2. The van der Waals surface area contributed by atoms with E-state index in [1.807, 2.05) is 6.92 Å².